The van der Waals surface area contributed by atoms with E-state index in [1.165, 1.54) is 6.20 Å². The maximum atomic E-state index is 16.2. The smallest absolute Gasteiger partial charge is 0.418 e. The zero-order valence-electron chi connectivity index (χ0n) is 22.9. The lowest BCUT2D eigenvalue weighted by molar-refractivity contribution is -0.137. The maximum absolute atomic E-state index is 16.2. The van der Waals surface area contributed by atoms with E-state index in [4.69, 9.17) is 19.1 Å². The van der Waals surface area contributed by atoms with Crippen LogP contribution in [0.4, 0.5) is 23.4 Å². The predicted molar refractivity (Wildman–Crippen MR) is 138 cm³/mol. The second-order valence-corrected chi connectivity index (χ2v) is 10.7. The summed E-state index contributed by atoms with van der Waals surface area (Å²) in [7, 11) is 1.78. The average molecular weight is 569 g/mol. The zero-order chi connectivity index (χ0) is 29.3. The molecule has 2 bridgehead atoms. The summed E-state index contributed by atoms with van der Waals surface area (Å²) in [5.74, 6) is -1.56. The van der Waals surface area contributed by atoms with Crippen molar-refractivity contribution in [2.45, 2.75) is 50.0 Å². The van der Waals surface area contributed by atoms with E-state index in [1.54, 1.807) is 7.05 Å². The van der Waals surface area contributed by atoms with Gasteiger partial charge in [0.1, 0.15) is 29.3 Å². The molecule has 3 fully saturated rings. The number of nitrogens with zero attached hydrogens (tertiary/aromatic N) is 5. The summed E-state index contributed by atoms with van der Waals surface area (Å²) in [5, 5.41) is 12.8. The standard InChI is InChI=1S/C26H27ClF4N6O2/c1-36-6-2-3-15(36)12-39-25-34-23-18(24(35-25)37-10-13-4-5-14(11-37)33-13)9-32-22(21(23)28)17-7-16(38)8-19(27)20(17)26(29,30)31/h7-9,13-15,33,38H,2-6,10-12H2,1H3/t13-,14+,15-/m0/s1/i12D2. The number of anilines is 1. The lowest BCUT2D eigenvalue weighted by Crippen LogP contribution is -2.51. The first-order valence-electron chi connectivity index (χ1n) is 13.7. The number of halogens is 5. The number of likely N-dealkylation sites (N-methyl/N-ethyl adjacent to an activating group) is 1. The molecule has 0 unspecified atom stereocenters. The lowest BCUT2D eigenvalue weighted by atomic mass is 10.0. The highest BCUT2D eigenvalue weighted by molar-refractivity contribution is 6.32. The highest BCUT2D eigenvalue weighted by atomic mass is 35.5. The molecule has 0 radical (unpaired) electrons. The Labute approximate surface area is 229 Å². The Morgan fingerprint density at radius 2 is 1.95 bits per heavy atom. The summed E-state index contributed by atoms with van der Waals surface area (Å²) in [6.07, 6.45) is -0.591. The van der Waals surface area contributed by atoms with Gasteiger partial charge in [-0.2, -0.15) is 23.1 Å². The predicted octanol–water partition coefficient (Wildman–Crippen LogP) is 4.62. The van der Waals surface area contributed by atoms with Crippen molar-refractivity contribution in [2.75, 3.05) is 38.1 Å². The second kappa shape index (κ2) is 9.90. The van der Waals surface area contributed by atoms with E-state index in [0.29, 0.717) is 26.1 Å². The van der Waals surface area contributed by atoms with E-state index in [0.717, 1.165) is 31.4 Å². The van der Waals surface area contributed by atoms with Gasteiger partial charge in [0.2, 0.25) is 0 Å². The van der Waals surface area contributed by atoms with Gasteiger partial charge in [-0.25, -0.2) is 4.39 Å². The molecule has 8 nitrogen and oxygen atoms in total. The first kappa shape index (κ1) is 23.9. The number of benzene rings is 1. The van der Waals surface area contributed by atoms with Crippen LogP contribution in [0.25, 0.3) is 22.2 Å². The number of fused-ring (bicyclic) bond motifs is 3. The van der Waals surface area contributed by atoms with Gasteiger partial charge >= 0.3 is 12.2 Å². The van der Waals surface area contributed by atoms with E-state index >= 15 is 4.39 Å². The molecule has 0 aliphatic carbocycles. The molecule has 3 aliphatic heterocycles. The lowest BCUT2D eigenvalue weighted by Gasteiger charge is -2.34. The Kier molecular flexibility index (Phi) is 6.06. The van der Waals surface area contributed by atoms with Crippen molar-refractivity contribution in [3.05, 3.63) is 34.7 Å². The van der Waals surface area contributed by atoms with Crippen molar-refractivity contribution in [3.63, 3.8) is 0 Å². The number of aromatic hydroxyl groups is 1. The van der Waals surface area contributed by atoms with Crippen molar-refractivity contribution in [1.29, 1.82) is 0 Å². The highest BCUT2D eigenvalue weighted by Crippen LogP contribution is 2.44. The molecule has 39 heavy (non-hydrogen) atoms. The molecule has 3 saturated heterocycles. The van der Waals surface area contributed by atoms with Gasteiger partial charge in [-0.15, -0.1) is 0 Å². The summed E-state index contributed by atoms with van der Waals surface area (Å²) >= 11 is 5.84. The SMILES string of the molecule is [2H]C([2H])(Oc1nc(N2C[C@H]3CC[C@@H](C2)N3)c2cnc(-c3cc(O)cc(Cl)c3C(F)(F)F)c(F)c2n1)[C@@H]1CCCN1C. The van der Waals surface area contributed by atoms with Gasteiger partial charge in [0.25, 0.3) is 0 Å². The average Bonchev–Trinajstić information content (AvgIpc) is 3.47. The first-order valence-corrected chi connectivity index (χ1v) is 13.1. The number of hydrogen-bond acceptors (Lipinski definition) is 8. The maximum Gasteiger partial charge on any atom is 0.418 e. The number of hydrogen-bond donors (Lipinski definition) is 2. The molecule has 13 heteroatoms. The third-order valence-electron chi connectivity index (χ3n) is 7.58. The summed E-state index contributed by atoms with van der Waals surface area (Å²) < 4.78 is 81.0. The van der Waals surface area contributed by atoms with Crippen LogP contribution in [-0.4, -0.2) is 76.3 Å². The molecule has 6 rings (SSSR count). The van der Waals surface area contributed by atoms with Gasteiger partial charge in [0, 0.05) is 43.0 Å². The minimum Gasteiger partial charge on any atom is -0.508 e. The first-order chi connectivity index (χ1) is 19.3. The number of nitrogens with one attached hydrogen (secondary N) is 1. The molecule has 0 amide bonds. The van der Waals surface area contributed by atoms with Crippen LogP contribution in [0.15, 0.2) is 18.3 Å². The fraction of sp³-hybridized carbons (Fsp3) is 0.500. The van der Waals surface area contributed by atoms with E-state index in [-0.39, 0.29) is 28.8 Å². The van der Waals surface area contributed by atoms with Crippen LogP contribution in [0, 0.1) is 5.82 Å². The van der Waals surface area contributed by atoms with Crippen molar-refractivity contribution >= 4 is 28.3 Å². The molecule has 3 aliphatic rings. The van der Waals surface area contributed by atoms with Gasteiger partial charge in [0.05, 0.1) is 18.7 Å². The van der Waals surface area contributed by atoms with Crippen molar-refractivity contribution in [1.82, 2.24) is 25.2 Å². The molecule has 3 aromatic rings. The monoisotopic (exact) mass is 568 g/mol. The molecular formula is C26H27ClF4N6O2. The van der Waals surface area contributed by atoms with Crippen molar-refractivity contribution < 1.29 is 30.1 Å². The molecule has 3 atom stereocenters. The van der Waals surface area contributed by atoms with E-state index in [9.17, 15) is 18.3 Å². The Bertz CT molecular complexity index is 1500. The Morgan fingerprint density at radius 1 is 1.21 bits per heavy atom. The number of pyridine rings is 1. The molecule has 2 aromatic heterocycles. The van der Waals surface area contributed by atoms with Gasteiger partial charge < -0.3 is 25.0 Å². The van der Waals surface area contributed by atoms with Crippen LogP contribution >= 0.6 is 11.6 Å². The fourth-order valence-corrected chi connectivity index (χ4v) is 6.03. The van der Waals surface area contributed by atoms with Gasteiger partial charge in [-0.3, -0.25) is 4.98 Å². The van der Waals surface area contributed by atoms with Crippen LogP contribution < -0.4 is 15.0 Å². The van der Waals surface area contributed by atoms with Crippen LogP contribution in [0.3, 0.4) is 0 Å². The number of rotatable bonds is 5. The second-order valence-electron chi connectivity index (χ2n) is 10.3. The number of phenolic OH excluding ortho intramolecular Hbond substituents is 1. The quantitative estimate of drug-likeness (QED) is 0.431. The number of ether oxygens (including phenoxy) is 1. The third-order valence-corrected chi connectivity index (χ3v) is 7.88. The zero-order valence-corrected chi connectivity index (χ0v) is 21.7. The summed E-state index contributed by atoms with van der Waals surface area (Å²) in [5.41, 5.74) is -3.22. The topological polar surface area (TPSA) is 86.6 Å². The summed E-state index contributed by atoms with van der Waals surface area (Å²) in [6.45, 7) is -0.486. The number of phenols is 1. The largest absolute Gasteiger partial charge is 0.508 e. The number of likely N-dealkylation sites (tertiary alicyclic amines) is 1. The summed E-state index contributed by atoms with van der Waals surface area (Å²) in [6, 6.07) is 0.769. The molecule has 0 spiro atoms. The van der Waals surface area contributed by atoms with E-state index < -0.39 is 58.2 Å². The van der Waals surface area contributed by atoms with Crippen molar-refractivity contribution in [2.24, 2.45) is 0 Å². The van der Waals surface area contributed by atoms with Crippen LogP contribution in [0.5, 0.6) is 11.8 Å². The van der Waals surface area contributed by atoms with Gasteiger partial charge in [-0.1, -0.05) is 11.6 Å². The highest BCUT2D eigenvalue weighted by Gasteiger charge is 2.39. The minimum atomic E-state index is -4.97. The Morgan fingerprint density at radius 3 is 2.62 bits per heavy atom. The van der Waals surface area contributed by atoms with Crippen LogP contribution in [-0.2, 0) is 6.18 Å². The normalized spacial score (nSPS) is 24.8. The number of piperazine rings is 1. The number of aromatic nitrogens is 3. The fourth-order valence-electron chi connectivity index (χ4n) is 5.71. The van der Waals surface area contributed by atoms with Crippen LogP contribution in [0.1, 0.15) is 34.0 Å². The van der Waals surface area contributed by atoms with E-state index in [2.05, 4.69) is 20.3 Å². The minimum absolute atomic E-state index is 0.137. The molecule has 2 N–H and O–H groups in total. The van der Waals surface area contributed by atoms with E-state index in [1.807, 2.05) is 9.80 Å². The van der Waals surface area contributed by atoms with Crippen molar-refractivity contribution in [3.8, 4) is 23.0 Å². The third kappa shape index (κ3) is 4.93. The van der Waals surface area contributed by atoms with Crippen LogP contribution in [0.2, 0.25) is 5.02 Å². The van der Waals surface area contributed by atoms with Gasteiger partial charge in [-0.05, 0) is 51.4 Å². The molecule has 208 valence electrons. The molecule has 0 saturated carbocycles. The summed E-state index contributed by atoms with van der Waals surface area (Å²) in [4.78, 5) is 16.4. The molecule has 1 aromatic carbocycles. The Balaban J connectivity index is 1.52. The number of alkyl halides is 3. The van der Waals surface area contributed by atoms with Gasteiger partial charge in [0.15, 0.2) is 5.82 Å². The molecular weight excluding hydrogens is 540 g/mol. The molecule has 5 heterocycles. The Hall–Kier alpha value is -2.96.